The SMILES string of the molecule is O=C(Nc1cccc(-c2ccn[nH]2)c1)c1ccc(N2CCCC2)nn1. The molecule has 1 fully saturated rings. The van der Waals surface area contributed by atoms with Gasteiger partial charge in [0.1, 0.15) is 0 Å². The second-order valence-corrected chi connectivity index (χ2v) is 5.98. The van der Waals surface area contributed by atoms with Crippen LogP contribution in [0.1, 0.15) is 23.3 Å². The molecule has 0 bridgehead atoms. The number of anilines is 2. The minimum atomic E-state index is -0.276. The van der Waals surface area contributed by atoms with Gasteiger partial charge in [0.2, 0.25) is 0 Å². The average molecular weight is 334 g/mol. The van der Waals surface area contributed by atoms with Crippen LogP contribution in [0.25, 0.3) is 11.3 Å². The van der Waals surface area contributed by atoms with Gasteiger partial charge in [-0.2, -0.15) is 5.10 Å². The van der Waals surface area contributed by atoms with Gasteiger partial charge in [0.15, 0.2) is 11.5 Å². The van der Waals surface area contributed by atoms with E-state index < -0.39 is 0 Å². The predicted octanol–water partition coefficient (Wildman–Crippen LogP) is 2.72. The lowest BCUT2D eigenvalue weighted by Crippen LogP contribution is -2.21. The van der Waals surface area contributed by atoms with Gasteiger partial charge in [0.25, 0.3) is 5.91 Å². The number of aromatic nitrogens is 4. The van der Waals surface area contributed by atoms with E-state index in [1.165, 1.54) is 12.8 Å². The first-order valence-corrected chi connectivity index (χ1v) is 8.29. The standard InChI is InChI=1S/C18H18N6O/c25-18(16-6-7-17(23-22-16)24-10-1-2-11-24)20-14-5-3-4-13(12-14)15-8-9-19-21-15/h3-9,12H,1-2,10-11H2,(H,19,21)(H,20,25). The summed E-state index contributed by atoms with van der Waals surface area (Å²) in [7, 11) is 0. The summed E-state index contributed by atoms with van der Waals surface area (Å²) in [6.07, 6.45) is 4.05. The molecule has 1 aliphatic rings. The number of amides is 1. The molecule has 0 aliphatic carbocycles. The van der Waals surface area contributed by atoms with Gasteiger partial charge >= 0.3 is 0 Å². The Morgan fingerprint density at radius 2 is 1.96 bits per heavy atom. The first kappa shape index (κ1) is 15.3. The number of aromatic amines is 1. The van der Waals surface area contributed by atoms with E-state index >= 15 is 0 Å². The molecule has 1 saturated heterocycles. The lowest BCUT2D eigenvalue weighted by Gasteiger charge is -2.15. The molecule has 0 spiro atoms. The van der Waals surface area contributed by atoms with Crippen molar-refractivity contribution in [3.63, 3.8) is 0 Å². The molecular formula is C18H18N6O. The molecule has 3 heterocycles. The van der Waals surface area contributed by atoms with E-state index in [1.807, 2.05) is 36.4 Å². The Bertz CT molecular complexity index is 854. The molecule has 0 saturated carbocycles. The third-order valence-electron chi connectivity index (χ3n) is 4.25. The minimum absolute atomic E-state index is 0.276. The number of nitrogens with zero attached hydrogens (tertiary/aromatic N) is 4. The fourth-order valence-corrected chi connectivity index (χ4v) is 2.94. The number of carbonyl (C=O) groups is 1. The number of rotatable bonds is 4. The monoisotopic (exact) mass is 334 g/mol. The topological polar surface area (TPSA) is 86.8 Å². The van der Waals surface area contributed by atoms with Crippen molar-refractivity contribution in [1.29, 1.82) is 0 Å². The Morgan fingerprint density at radius 3 is 2.68 bits per heavy atom. The van der Waals surface area contributed by atoms with Crippen molar-refractivity contribution in [3.8, 4) is 11.3 Å². The molecule has 1 aliphatic heterocycles. The van der Waals surface area contributed by atoms with Crippen LogP contribution in [0.15, 0.2) is 48.7 Å². The molecule has 25 heavy (non-hydrogen) atoms. The van der Waals surface area contributed by atoms with Gasteiger partial charge in [-0.3, -0.25) is 9.89 Å². The molecule has 0 radical (unpaired) electrons. The van der Waals surface area contributed by atoms with Gasteiger partial charge in [0.05, 0.1) is 5.69 Å². The molecule has 0 unspecified atom stereocenters. The third-order valence-corrected chi connectivity index (χ3v) is 4.25. The summed E-state index contributed by atoms with van der Waals surface area (Å²) in [4.78, 5) is 14.6. The van der Waals surface area contributed by atoms with E-state index in [-0.39, 0.29) is 5.91 Å². The van der Waals surface area contributed by atoms with E-state index in [4.69, 9.17) is 0 Å². The summed E-state index contributed by atoms with van der Waals surface area (Å²) >= 11 is 0. The quantitative estimate of drug-likeness (QED) is 0.766. The van der Waals surface area contributed by atoms with Crippen molar-refractivity contribution in [1.82, 2.24) is 20.4 Å². The molecular weight excluding hydrogens is 316 g/mol. The molecule has 2 aromatic heterocycles. The van der Waals surface area contributed by atoms with Gasteiger partial charge in [0, 0.05) is 30.5 Å². The summed E-state index contributed by atoms with van der Waals surface area (Å²) in [5.74, 6) is 0.553. The summed E-state index contributed by atoms with van der Waals surface area (Å²) in [5.41, 5.74) is 2.84. The highest BCUT2D eigenvalue weighted by Gasteiger charge is 2.15. The van der Waals surface area contributed by atoms with E-state index in [1.54, 1.807) is 12.3 Å². The highest BCUT2D eigenvalue weighted by molar-refractivity contribution is 6.03. The van der Waals surface area contributed by atoms with Gasteiger partial charge in [-0.05, 0) is 43.2 Å². The first-order chi connectivity index (χ1) is 12.3. The maximum Gasteiger partial charge on any atom is 0.276 e. The summed E-state index contributed by atoms with van der Waals surface area (Å²) < 4.78 is 0. The lowest BCUT2D eigenvalue weighted by molar-refractivity contribution is 0.102. The zero-order valence-electron chi connectivity index (χ0n) is 13.6. The van der Waals surface area contributed by atoms with Crippen molar-refractivity contribution >= 4 is 17.4 Å². The fourth-order valence-electron chi connectivity index (χ4n) is 2.94. The number of hydrogen-bond donors (Lipinski definition) is 2. The maximum atomic E-state index is 12.4. The van der Waals surface area contributed by atoms with Crippen molar-refractivity contribution in [3.05, 3.63) is 54.4 Å². The van der Waals surface area contributed by atoms with Crippen LogP contribution in [0.4, 0.5) is 11.5 Å². The molecule has 3 aromatic rings. The molecule has 2 N–H and O–H groups in total. The number of hydrogen-bond acceptors (Lipinski definition) is 5. The molecule has 7 nitrogen and oxygen atoms in total. The van der Waals surface area contributed by atoms with Crippen molar-refractivity contribution in [2.24, 2.45) is 0 Å². The maximum absolute atomic E-state index is 12.4. The number of benzene rings is 1. The second kappa shape index (κ2) is 6.72. The van der Waals surface area contributed by atoms with E-state index in [0.29, 0.717) is 11.4 Å². The average Bonchev–Trinajstić information content (AvgIpc) is 3.36. The zero-order valence-corrected chi connectivity index (χ0v) is 13.6. The lowest BCUT2D eigenvalue weighted by atomic mass is 10.1. The molecule has 126 valence electrons. The number of nitrogens with one attached hydrogen (secondary N) is 2. The molecule has 7 heteroatoms. The summed E-state index contributed by atoms with van der Waals surface area (Å²) in [6, 6.07) is 13.0. The van der Waals surface area contributed by atoms with Crippen LogP contribution in [-0.4, -0.2) is 39.4 Å². The van der Waals surface area contributed by atoms with Gasteiger partial charge < -0.3 is 10.2 Å². The Hall–Kier alpha value is -3.22. The van der Waals surface area contributed by atoms with E-state index in [0.717, 1.165) is 30.2 Å². The fraction of sp³-hybridized carbons (Fsp3) is 0.222. The van der Waals surface area contributed by atoms with Crippen LogP contribution >= 0.6 is 0 Å². The molecule has 1 aromatic carbocycles. The Morgan fingerprint density at radius 1 is 1.08 bits per heavy atom. The normalized spacial score (nSPS) is 13.8. The first-order valence-electron chi connectivity index (χ1n) is 8.29. The molecule has 1 amide bonds. The number of H-pyrrole nitrogens is 1. The summed E-state index contributed by atoms with van der Waals surface area (Å²) in [5, 5.41) is 18.0. The van der Waals surface area contributed by atoms with E-state index in [2.05, 4.69) is 30.6 Å². The van der Waals surface area contributed by atoms with Crippen LogP contribution in [-0.2, 0) is 0 Å². The predicted molar refractivity (Wildman–Crippen MR) is 95.5 cm³/mol. The second-order valence-electron chi connectivity index (χ2n) is 5.98. The van der Waals surface area contributed by atoms with Gasteiger partial charge in [-0.1, -0.05) is 12.1 Å². The molecule has 0 atom stereocenters. The minimum Gasteiger partial charge on any atom is -0.355 e. The van der Waals surface area contributed by atoms with Gasteiger partial charge in [-0.15, -0.1) is 10.2 Å². The molecule has 4 rings (SSSR count). The van der Waals surface area contributed by atoms with Crippen LogP contribution in [0.3, 0.4) is 0 Å². The van der Waals surface area contributed by atoms with Crippen molar-refractivity contribution in [2.45, 2.75) is 12.8 Å². The number of carbonyl (C=O) groups excluding carboxylic acids is 1. The smallest absolute Gasteiger partial charge is 0.276 e. The van der Waals surface area contributed by atoms with Crippen LogP contribution in [0.5, 0.6) is 0 Å². The van der Waals surface area contributed by atoms with Crippen LogP contribution in [0, 0.1) is 0 Å². The third kappa shape index (κ3) is 3.35. The summed E-state index contributed by atoms with van der Waals surface area (Å²) in [6.45, 7) is 2.00. The zero-order chi connectivity index (χ0) is 17.1. The highest BCUT2D eigenvalue weighted by Crippen LogP contribution is 2.21. The van der Waals surface area contributed by atoms with Crippen molar-refractivity contribution < 1.29 is 4.79 Å². The highest BCUT2D eigenvalue weighted by atomic mass is 16.1. The van der Waals surface area contributed by atoms with Crippen LogP contribution in [0.2, 0.25) is 0 Å². The van der Waals surface area contributed by atoms with E-state index in [9.17, 15) is 4.79 Å². The van der Waals surface area contributed by atoms with Gasteiger partial charge in [-0.25, -0.2) is 0 Å². The Labute approximate surface area is 145 Å². The largest absolute Gasteiger partial charge is 0.355 e. The van der Waals surface area contributed by atoms with Crippen molar-refractivity contribution in [2.75, 3.05) is 23.3 Å². The Balaban J connectivity index is 1.47. The Kier molecular flexibility index (Phi) is 4.12. The van der Waals surface area contributed by atoms with Crippen LogP contribution < -0.4 is 10.2 Å².